The zero-order chi connectivity index (χ0) is 21.0. The Hall–Kier alpha value is -2.92. The maximum Gasteiger partial charge on any atom is 0.278 e. The summed E-state index contributed by atoms with van der Waals surface area (Å²) >= 11 is 0. The average Bonchev–Trinajstić information content (AvgIpc) is 2.93. The summed E-state index contributed by atoms with van der Waals surface area (Å²) < 4.78 is 5.08. The molecule has 1 N–H and O–H groups in total. The van der Waals surface area contributed by atoms with Crippen LogP contribution in [0.2, 0.25) is 0 Å². The van der Waals surface area contributed by atoms with Gasteiger partial charge in [-0.15, -0.1) is 0 Å². The molecule has 0 spiro atoms. The number of nitrogens with one attached hydrogen (secondary N) is 1. The van der Waals surface area contributed by atoms with Crippen LogP contribution in [0.3, 0.4) is 0 Å². The van der Waals surface area contributed by atoms with E-state index in [1.54, 1.807) is 7.11 Å². The molecular weight excluding hydrogens is 364 g/mol. The van der Waals surface area contributed by atoms with Crippen LogP contribution in [0, 0.1) is 13.8 Å². The molecular formula is C24H28N2O3. The topological polar surface area (TPSA) is 58.6 Å². The normalized spacial score (nSPS) is 14.1. The number of carbonyl (C=O) groups excluding carboxylic acids is 2. The standard InChI is InChI=1S/C24H28N2O3/c1-5-18-8-10-19(11-9-18)25-22-21(20-12-7-16(2)15-17(20)3)23(27)26(24(22)28)13-6-14-29-4/h7-12,15,25H,5-6,13-14H2,1-4H3. The number of methoxy groups -OCH3 is 1. The SMILES string of the molecule is CCc1ccc(NC2=C(c3ccc(C)cc3C)C(=O)N(CCCOC)C2=O)cc1. The minimum atomic E-state index is -0.291. The monoisotopic (exact) mass is 392 g/mol. The Morgan fingerprint density at radius 2 is 1.72 bits per heavy atom. The number of imide groups is 1. The molecule has 5 heteroatoms. The van der Waals surface area contributed by atoms with Crippen LogP contribution in [-0.4, -0.2) is 37.0 Å². The van der Waals surface area contributed by atoms with E-state index < -0.39 is 0 Å². The third kappa shape index (κ3) is 4.40. The lowest BCUT2D eigenvalue weighted by atomic mass is 9.97. The quantitative estimate of drug-likeness (QED) is 0.543. The number of nitrogens with zero attached hydrogens (tertiary/aromatic N) is 1. The van der Waals surface area contributed by atoms with Gasteiger partial charge in [-0.3, -0.25) is 14.5 Å². The van der Waals surface area contributed by atoms with Gasteiger partial charge in [0.25, 0.3) is 11.8 Å². The first-order chi connectivity index (χ1) is 14.0. The molecule has 2 aromatic carbocycles. The van der Waals surface area contributed by atoms with Gasteiger partial charge in [-0.25, -0.2) is 0 Å². The van der Waals surface area contributed by atoms with Crippen LogP contribution < -0.4 is 5.32 Å². The first kappa shape index (κ1) is 20.8. The summed E-state index contributed by atoms with van der Waals surface area (Å²) in [6.07, 6.45) is 1.55. The number of amides is 2. The van der Waals surface area contributed by atoms with E-state index in [0.29, 0.717) is 30.8 Å². The molecule has 152 valence electrons. The Labute approximate surface area is 172 Å². The number of benzene rings is 2. The molecule has 5 nitrogen and oxygen atoms in total. The van der Waals surface area contributed by atoms with Gasteiger partial charge in [0.2, 0.25) is 0 Å². The molecule has 1 aliphatic rings. The van der Waals surface area contributed by atoms with Crippen molar-refractivity contribution in [1.82, 2.24) is 4.90 Å². The summed E-state index contributed by atoms with van der Waals surface area (Å²) in [5.41, 5.74) is 5.66. The molecule has 3 rings (SSSR count). The molecule has 0 saturated heterocycles. The van der Waals surface area contributed by atoms with E-state index in [1.807, 2.05) is 56.3 Å². The van der Waals surface area contributed by atoms with Crippen molar-refractivity contribution in [2.24, 2.45) is 0 Å². The van der Waals surface area contributed by atoms with Crippen LogP contribution in [0.15, 0.2) is 48.2 Å². The van der Waals surface area contributed by atoms with Crippen LogP contribution >= 0.6 is 0 Å². The Balaban J connectivity index is 2.01. The van der Waals surface area contributed by atoms with Crippen molar-refractivity contribution in [3.63, 3.8) is 0 Å². The Bertz CT molecular complexity index is 945. The van der Waals surface area contributed by atoms with E-state index in [1.165, 1.54) is 10.5 Å². The number of hydrogen-bond acceptors (Lipinski definition) is 4. The van der Waals surface area contributed by atoms with Crippen molar-refractivity contribution >= 4 is 23.1 Å². The number of hydrogen-bond donors (Lipinski definition) is 1. The first-order valence-electron chi connectivity index (χ1n) is 9.99. The molecule has 0 aromatic heterocycles. The number of aryl methyl sites for hydroxylation is 3. The Morgan fingerprint density at radius 3 is 2.34 bits per heavy atom. The Kier molecular flexibility index (Phi) is 6.49. The summed E-state index contributed by atoms with van der Waals surface area (Å²) in [6, 6.07) is 13.9. The smallest absolute Gasteiger partial charge is 0.278 e. The van der Waals surface area contributed by atoms with Crippen molar-refractivity contribution in [3.8, 4) is 0 Å². The highest BCUT2D eigenvalue weighted by molar-refractivity contribution is 6.36. The lowest BCUT2D eigenvalue weighted by Gasteiger charge is -2.15. The molecule has 1 heterocycles. The molecule has 1 aliphatic heterocycles. The maximum atomic E-state index is 13.2. The summed E-state index contributed by atoms with van der Waals surface area (Å²) in [4.78, 5) is 27.7. The molecule has 29 heavy (non-hydrogen) atoms. The van der Waals surface area contributed by atoms with Crippen molar-refractivity contribution < 1.29 is 14.3 Å². The third-order valence-corrected chi connectivity index (χ3v) is 5.18. The van der Waals surface area contributed by atoms with E-state index in [4.69, 9.17) is 4.74 Å². The zero-order valence-corrected chi connectivity index (χ0v) is 17.5. The lowest BCUT2D eigenvalue weighted by molar-refractivity contribution is -0.136. The van der Waals surface area contributed by atoms with E-state index in [0.717, 1.165) is 28.8 Å². The predicted octanol–water partition coefficient (Wildman–Crippen LogP) is 4.09. The van der Waals surface area contributed by atoms with Crippen LogP contribution in [0.5, 0.6) is 0 Å². The maximum absolute atomic E-state index is 13.2. The van der Waals surface area contributed by atoms with Gasteiger partial charge in [0.1, 0.15) is 5.70 Å². The highest BCUT2D eigenvalue weighted by atomic mass is 16.5. The highest BCUT2D eigenvalue weighted by Gasteiger charge is 2.39. The minimum Gasteiger partial charge on any atom is -0.385 e. The number of ether oxygens (including phenoxy) is 1. The second kappa shape index (κ2) is 9.05. The molecule has 2 amide bonds. The largest absolute Gasteiger partial charge is 0.385 e. The van der Waals surface area contributed by atoms with Gasteiger partial charge in [0.15, 0.2) is 0 Å². The summed E-state index contributed by atoms with van der Waals surface area (Å²) in [6.45, 7) is 6.91. The molecule has 0 fully saturated rings. The van der Waals surface area contributed by atoms with Gasteiger partial charge in [0, 0.05) is 25.9 Å². The molecule has 2 aromatic rings. The van der Waals surface area contributed by atoms with Crippen molar-refractivity contribution in [2.45, 2.75) is 33.6 Å². The van der Waals surface area contributed by atoms with E-state index in [-0.39, 0.29) is 11.8 Å². The number of rotatable bonds is 8. The van der Waals surface area contributed by atoms with Crippen molar-refractivity contribution in [2.75, 3.05) is 25.6 Å². The predicted molar refractivity (Wildman–Crippen MR) is 115 cm³/mol. The van der Waals surface area contributed by atoms with Crippen LogP contribution in [0.1, 0.15) is 35.6 Å². The molecule has 0 atom stereocenters. The highest BCUT2D eigenvalue weighted by Crippen LogP contribution is 2.32. The molecule has 0 radical (unpaired) electrons. The fourth-order valence-electron chi connectivity index (χ4n) is 3.57. The third-order valence-electron chi connectivity index (χ3n) is 5.18. The van der Waals surface area contributed by atoms with Crippen LogP contribution in [0.25, 0.3) is 5.57 Å². The fourth-order valence-corrected chi connectivity index (χ4v) is 3.57. The van der Waals surface area contributed by atoms with E-state index >= 15 is 0 Å². The summed E-state index contributed by atoms with van der Waals surface area (Å²) in [5.74, 6) is -0.550. The second-order valence-corrected chi connectivity index (χ2v) is 7.35. The van der Waals surface area contributed by atoms with Gasteiger partial charge >= 0.3 is 0 Å². The number of anilines is 1. The lowest BCUT2D eigenvalue weighted by Crippen LogP contribution is -2.34. The average molecular weight is 392 g/mol. The van der Waals surface area contributed by atoms with Gasteiger partial charge in [-0.1, -0.05) is 42.8 Å². The van der Waals surface area contributed by atoms with Gasteiger partial charge in [-0.2, -0.15) is 0 Å². The van der Waals surface area contributed by atoms with Crippen LogP contribution in [0.4, 0.5) is 5.69 Å². The fraction of sp³-hybridized carbons (Fsp3) is 0.333. The van der Waals surface area contributed by atoms with Crippen molar-refractivity contribution in [1.29, 1.82) is 0 Å². The first-order valence-corrected chi connectivity index (χ1v) is 9.99. The van der Waals surface area contributed by atoms with E-state index in [2.05, 4.69) is 12.2 Å². The molecule has 0 bridgehead atoms. The molecule has 0 saturated carbocycles. The minimum absolute atomic E-state index is 0.259. The van der Waals surface area contributed by atoms with E-state index in [9.17, 15) is 9.59 Å². The Morgan fingerprint density at radius 1 is 1.00 bits per heavy atom. The van der Waals surface area contributed by atoms with Crippen LogP contribution in [-0.2, 0) is 20.7 Å². The van der Waals surface area contributed by atoms with Gasteiger partial charge < -0.3 is 10.1 Å². The number of carbonyl (C=O) groups is 2. The van der Waals surface area contributed by atoms with Gasteiger partial charge in [0.05, 0.1) is 5.57 Å². The van der Waals surface area contributed by atoms with Crippen molar-refractivity contribution in [3.05, 3.63) is 70.4 Å². The van der Waals surface area contributed by atoms with Gasteiger partial charge in [-0.05, 0) is 55.5 Å². The molecule has 0 aliphatic carbocycles. The zero-order valence-electron chi connectivity index (χ0n) is 17.5. The second-order valence-electron chi connectivity index (χ2n) is 7.35. The summed E-state index contributed by atoms with van der Waals surface area (Å²) in [5, 5.41) is 3.22. The molecule has 0 unspecified atom stereocenters. The summed E-state index contributed by atoms with van der Waals surface area (Å²) in [7, 11) is 1.61.